The molecule has 1 aliphatic rings. The van der Waals surface area contributed by atoms with E-state index in [2.05, 4.69) is 18.0 Å². The topological polar surface area (TPSA) is 66.6 Å². The maximum atomic E-state index is 13.2. The monoisotopic (exact) mass is 394 g/mol. The number of carbonyl (C=O) groups is 1. The lowest BCUT2D eigenvalue weighted by molar-refractivity contribution is -0.117. The van der Waals surface area contributed by atoms with Gasteiger partial charge in [0.05, 0.1) is 29.9 Å². The Kier molecular flexibility index (Phi) is 4.69. The molecule has 0 saturated heterocycles. The molecule has 1 N–H and O–H groups in total. The van der Waals surface area contributed by atoms with Crippen molar-refractivity contribution >= 4 is 33.8 Å². The van der Waals surface area contributed by atoms with Gasteiger partial charge in [0.2, 0.25) is 5.91 Å². The zero-order valence-corrected chi connectivity index (χ0v) is 16.3. The molecule has 0 saturated carbocycles. The number of amides is 1. The van der Waals surface area contributed by atoms with E-state index in [1.807, 2.05) is 19.1 Å². The number of rotatable bonds is 3. The Morgan fingerprint density at radius 2 is 2.00 bits per heavy atom. The third kappa shape index (κ3) is 3.29. The van der Waals surface area contributed by atoms with Crippen molar-refractivity contribution in [1.82, 2.24) is 4.98 Å². The standard InChI is InChI=1S/C22H19ClN2O3/c1-13-3-4-15(7-14(13)2)11-25-19-8-16(26)5-6-17(19)22(23)18(9-21(25)27)20-10-24-12-28-20/h3-8,10,12,26H,9,11H2,1-2H3. The van der Waals surface area contributed by atoms with Crippen LogP contribution in [-0.2, 0) is 11.3 Å². The molecule has 28 heavy (non-hydrogen) atoms. The summed E-state index contributed by atoms with van der Waals surface area (Å²) >= 11 is 6.67. The number of anilines is 1. The highest BCUT2D eigenvalue weighted by Crippen LogP contribution is 2.42. The van der Waals surface area contributed by atoms with Crippen LogP contribution >= 0.6 is 11.6 Å². The van der Waals surface area contributed by atoms with Gasteiger partial charge in [-0.1, -0.05) is 29.8 Å². The van der Waals surface area contributed by atoms with Crippen LogP contribution in [0.4, 0.5) is 5.69 Å². The van der Waals surface area contributed by atoms with Crippen molar-refractivity contribution in [3.05, 3.63) is 77.0 Å². The van der Waals surface area contributed by atoms with Crippen LogP contribution in [0, 0.1) is 13.8 Å². The SMILES string of the molecule is Cc1ccc(CN2C(=O)CC(c3cnco3)=C(Cl)c3ccc(O)cc32)cc1C. The van der Waals surface area contributed by atoms with Gasteiger partial charge in [-0.15, -0.1) is 0 Å². The van der Waals surface area contributed by atoms with Crippen molar-refractivity contribution in [2.45, 2.75) is 26.8 Å². The molecule has 0 atom stereocenters. The minimum absolute atomic E-state index is 0.0734. The predicted octanol–water partition coefficient (Wildman–Crippen LogP) is 5.04. The minimum Gasteiger partial charge on any atom is -0.508 e. The molecule has 2 heterocycles. The second-order valence-electron chi connectivity index (χ2n) is 6.93. The summed E-state index contributed by atoms with van der Waals surface area (Å²) in [7, 11) is 0. The van der Waals surface area contributed by atoms with Gasteiger partial charge in [0.1, 0.15) is 5.75 Å². The number of aromatic hydroxyl groups is 1. The van der Waals surface area contributed by atoms with Gasteiger partial charge in [0, 0.05) is 17.2 Å². The fourth-order valence-corrected chi connectivity index (χ4v) is 3.69. The first-order chi connectivity index (χ1) is 13.4. The Morgan fingerprint density at radius 3 is 2.71 bits per heavy atom. The van der Waals surface area contributed by atoms with Gasteiger partial charge < -0.3 is 14.4 Å². The Bertz CT molecular complexity index is 1090. The highest BCUT2D eigenvalue weighted by atomic mass is 35.5. The molecular weight excluding hydrogens is 376 g/mol. The first-order valence-corrected chi connectivity index (χ1v) is 9.29. The van der Waals surface area contributed by atoms with E-state index in [-0.39, 0.29) is 18.1 Å². The Hall–Kier alpha value is -3.05. The predicted molar refractivity (Wildman–Crippen MR) is 109 cm³/mol. The quantitative estimate of drug-likeness (QED) is 0.675. The smallest absolute Gasteiger partial charge is 0.231 e. The van der Waals surface area contributed by atoms with E-state index in [1.165, 1.54) is 12.0 Å². The van der Waals surface area contributed by atoms with Gasteiger partial charge >= 0.3 is 0 Å². The number of halogens is 1. The van der Waals surface area contributed by atoms with E-state index in [0.29, 0.717) is 34.2 Å². The maximum Gasteiger partial charge on any atom is 0.231 e. The van der Waals surface area contributed by atoms with Crippen LogP contribution in [0.1, 0.15) is 34.4 Å². The van der Waals surface area contributed by atoms with Crippen molar-refractivity contribution in [2.75, 3.05) is 4.90 Å². The first-order valence-electron chi connectivity index (χ1n) is 8.91. The number of phenolic OH excluding ortho intramolecular Hbond substituents is 1. The minimum atomic E-state index is -0.132. The number of phenols is 1. The highest BCUT2D eigenvalue weighted by Gasteiger charge is 2.29. The maximum absolute atomic E-state index is 13.2. The van der Waals surface area contributed by atoms with Gasteiger partial charge in [0.15, 0.2) is 12.2 Å². The molecule has 0 aliphatic carbocycles. The summed E-state index contributed by atoms with van der Waals surface area (Å²) in [4.78, 5) is 18.8. The van der Waals surface area contributed by atoms with Gasteiger partial charge in [-0.2, -0.15) is 0 Å². The normalized spacial score (nSPS) is 14.2. The summed E-state index contributed by atoms with van der Waals surface area (Å²) in [5, 5.41) is 10.5. The van der Waals surface area contributed by atoms with Crippen LogP contribution in [0.2, 0.25) is 0 Å². The van der Waals surface area contributed by atoms with Gasteiger partial charge in [-0.05, 0) is 42.7 Å². The van der Waals surface area contributed by atoms with Crippen LogP contribution < -0.4 is 4.90 Å². The molecule has 1 amide bonds. The Morgan fingerprint density at radius 1 is 1.18 bits per heavy atom. The number of aromatic nitrogens is 1. The van der Waals surface area contributed by atoms with Crippen LogP contribution in [-0.4, -0.2) is 16.0 Å². The summed E-state index contributed by atoms with van der Waals surface area (Å²) in [5.74, 6) is 0.404. The second-order valence-corrected chi connectivity index (χ2v) is 7.31. The average molecular weight is 395 g/mol. The fraction of sp³-hybridized carbons (Fsp3) is 0.182. The van der Waals surface area contributed by atoms with Crippen molar-refractivity contribution < 1.29 is 14.3 Å². The molecule has 0 bridgehead atoms. The largest absolute Gasteiger partial charge is 0.508 e. The Balaban J connectivity index is 1.82. The molecule has 1 aromatic heterocycles. The number of aryl methyl sites for hydroxylation is 2. The molecule has 6 heteroatoms. The lowest BCUT2D eigenvalue weighted by Crippen LogP contribution is -2.30. The number of hydrogen-bond acceptors (Lipinski definition) is 4. The van der Waals surface area contributed by atoms with Crippen LogP contribution in [0.25, 0.3) is 10.6 Å². The number of oxazole rings is 1. The summed E-state index contributed by atoms with van der Waals surface area (Å²) in [6.07, 6.45) is 2.94. The lowest BCUT2D eigenvalue weighted by atomic mass is 10.1. The van der Waals surface area contributed by atoms with E-state index in [4.69, 9.17) is 16.0 Å². The molecule has 0 unspecified atom stereocenters. The molecule has 0 radical (unpaired) electrons. The zero-order chi connectivity index (χ0) is 19.8. The molecule has 0 spiro atoms. The molecule has 2 aromatic carbocycles. The zero-order valence-electron chi connectivity index (χ0n) is 15.6. The molecule has 0 fully saturated rings. The summed E-state index contributed by atoms with van der Waals surface area (Å²) < 4.78 is 5.39. The van der Waals surface area contributed by atoms with E-state index in [0.717, 1.165) is 11.1 Å². The molecule has 5 nitrogen and oxygen atoms in total. The second kappa shape index (κ2) is 7.17. The molecule has 4 rings (SSSR count). The number of hydrogen-bond donors (Lipinski definition) is 1. The lowest BCUT2D eigenvalue weighted by Gasteiger charge is -2.24. The van der Waals surface area contributed by atoms with Crippen molar-refractivity contribution in [1.29, 1.82) is 0 Å². The van der Waals surface area contributed by atoms with Gasteiger partial charge in [-0.25, -0.2) is 4.98 Å². The molecule has 1 aliphatic heterocycles. The third-order valence-corrected chi connectivity index (χ3v) is 5.48. The van der Waals surface area contributed by atoms with Crippen molar-refractivity contribution in [3.63, 3.8) is 0 Å². The van der Waals surface area contributed by atoms with E-state index in [1.54, 1.807) is 29.3 Å². The van der Waals surface area contributed by atoms with Crippen LogP contribution in [0.5, 0.6) is 5.75 Å². The molecule has 142 valence electrons. The van der Waals surface area contributed by atoms with Gasteiger partial charge in [-0.3, -0.25) is 4.79 Å². The van der Waals surface area contributed by atoms with Crippen LogP contribution in [0.3, 0.4) is 0 Å². The van der Waals surface area contributed by atoms with Gasteiger partial charge in [0.25, 0.3) is 0 Å². The summed E-state index contributed by atoms with van der Waals surface area (Å²) in [6.45, 7) is 4.48. The first kappa shape index (κ1) is 18.3. The Labute approximate surface area is 167 Å². The summed E-state index contributed by atoms with van der Waals surface area (Å²) in [5.41, 5.74) is 5.18. The molecular formula is C22H19ClN2O3. The van der Waals surface area contributed by atoms with Crippen molar-refractivity contribution in [3.8, 4) is 5.75 Å². The summed E-state index contributed by atoms with van der Waals surface area (Å²) in [6, 6.07) is 11.0. The van der Waals surface area contributed by atoms with Crippen LogP contribution in [0.15, 0.2) is 53.4 Å². The average Bonchev–Trinajstić information content (AvgIpc) is 3.17. The van der Waals surface area contributed by atoms with E-state index in [9.17, 15) is 9.90 Å². The number of carbonyl (C=O) groups excluding carboxylic acids is 1. The van der Waals surface area contributed by atoms with Crippen molar-refractivity contribution in [2.24, 2.45) is 0 Å². The molecule has 3 aromatic rings. The number of fused-ring (bicyclic) bond motifs is 1. The third-order valence-electron chi connectivity index (χ3n) is 5.04. The van der Waals surface area contributed by atoms with E-state index >= 15 is 0 Å². The fourth-order valence-electron chi connectivity index (χ4n) is 3.37. The van der Waals surface area contributed by atoms with E-state index < -0.39 is 0 Å². The highest BCUT2D eigenvalue weighted by molar-refractivity contribution is 6.53. The number of benzene rings is 2. The number of nitrogens with zero attached hydrogens (tertiary/aromatic N) is 2.